The Morgan fingerprint density at radius 1 is 1.89 bits per heavy atom. The van der Waals surface area contributed by atoms with Crippen LogP contribution in [0.4, 0.5) is 0 Å². The Bertz CT molecular complexity index is 132. The van der Waals surface area contributed by atoms with E-state index in [1.807, 2.05) is 0 Å². The maximum absolute atomic E-state index is 10.7. The molecule has 1 rings (SSSR count). The summed E-state index contributed by atoms with van der Waals surface area (Å²) in [6.07, 6.45) is 0. The molecule has 0 bridgehead atoms. The number of likely N-dealkylation sites (N-methyl/N-ethyl adjacent to an activating group) is 1. The molecule has 0 saturated carbocycles. The van der Waals surface area contributed by atoms with Crippen molar-refractivity contribution in [1.29, 1.82) is 0 Å². The number of nitrogens with one attached hydrogen (secondary N) is 2. The van der Waals surface area contributed by atoms with Crippen molar-refractivity contribution in [3.8, 4) is 0 Å². The van der Waals surface area contributed by atoms with Crippen LogP contribution in [-0.4, -0.2) is 31.6 Å². The molecule has 1 amide bonds. The van der Waals surface area contributed by atoms with Gasteiger partial charge in [0.15, 0.2) is 0 Å². The third-order valence-electron chi connectivity index (χ3n) is 1.80. The quantitative estimate of drug-likeness (QED) is 0.430. The Kier molecular flexibility index (Phi) is 1.42. The van der Waals surface area contributed by atoms with Gasteiger partial charge in [-0.2, -0.15) is 0 Å². The molecule has 0 spiro atoms. The number of amides is 1. The molecule has 1 heterocycles. The van der Waals surface area contributed by atoms with E-state index in [1.165, 1.54) is 0 Å². The van der Waals surface area contributed by atoms with Gasteiger partial charge in [-0.1, -0.05) is 0 Å². The van der Waals surface area contributed by atoms with Crippen LogP contribution in [-0.2, 0) is 4.79 Å². The van der Waals surface area contributed by atoms with E-state index in [9.17, 15) is 4.79 Å². The summed E-state index contributed by atoms with van der Waals surface area (Å²) in [6, 6.07) is 0. The minimum atomic E-state index is -0.458. The Hall–Kier alpha value is -0.610. The van der Waals surface area contributed by atoms with Gasteiger partial charge in [-0.05, 0) is 7.05 Å². The van der Waals surface area contributed by atoms with Gasteiger partial charge in [0, 0.05) is 15.9 Å². The number of primary amides is 1. The van der Waals surface area contributed by atoms with Gasteiger partial charge >= 0.3 is 0 Å². The van der Waals surface area contributed by atoms with Crippen LogP contribution >= 0.6 is 0 Å². The van der Waals surface area contributed by atoms with Gasteiger partial charge in [-0.3, -0.25) is 4.79 Å². The van der Waals surface area contributed by atoms with E-state index in [4.69, 9.17) is 5.73 Å². The molecule has 56 valence electrons. The van der Waals surface area contributed by atoms with E-state index in [-0.39, 0.29) is 8.76 Å². The number of carbonyl (C=O) groups excluding carboxylic acids is 1. The number of hydrogen-bond donors (Lipinski definition) is 3. The Labute approximate surface area is 56.8 Å². The van der Waals surface area contributed by atoms with Gasteiger partial charge in [0.2, 0.25) is 5.91 Å². The molecule has 0 unspecified atom stereocenters. The van der Waals surface area contributed by atoms with Gasteiger partial charge in [0.1, 0.15) is 5.54 Å². The first-order valence-electron chi connectivity index (χ1n) is 2.91. The van der Waals surface area contributed by atoms with Gasteiger partial charge in [-0.15, -0.1) is 0 Å². The monoisotopic (exact) mass is 133 g/mol. The highest BCUT2D eigenvalue weighted by molar-refractivity contribution is 5.86. The highest BCUT2D eigenvalue weighted by Gasteiger charge is 2.40. The predicted molar refractivity (Wildman–Crippen MR) is 38.1 cm³/mol. The van der Waals surface area contributed by atoms with Crippen LogP contribution in [0.25, 0.3) is 0 Å². The molecule has 1 aliphatic heterocycles. The maximum Gasteiger partial charge on any atom is 0.240 e. The number of rotatable bonds is 2. The van der Waals surface area contributed by atoms with Crippen LogP contribution in [0.15, 0.2) is 0 Å². The molecule has 0 aliphatic carbocycles. The molecule has 0 atom stereocenters. The lowest BCUT2D eigenvalue weighted by Gasteiger charge is -2.39. The molecule has 1 aliphatic rings. The average Bonchev–Trinajstić information content (AvgIpc) is 1.62. The second-order valence-electron chi connectivity index (χ2n) is 2.30. The van der Waals surface area contributed by atoms with Gasteiger partial charge < -0.3 is 16.4 Å². The number of nitrogens with two attached hydrogens (primary N) is 1. The first-order chi connectivity index (χ1) is 4.21. The van der Waals surface area contributed by atoms with Crippen molar-refractivity contribution in [3.05, 3.63) is 0 Å². The third-order valence-corrected chi connectivity index (χ3v) is 1.80. The van der Waals surface area contributed by atoms with Crippen molar-refractivity contribution >= 4 is 5.91 Å². The summed E-state index contributed by atoms with van der Waals surface area (Å²) in [7, 11) is 1.74. The number of hydrogen-bond acceptors (Lipinski definition) is 3. The summed E-state index contributed by atoms with van der Waals surface area (Å²) in [5.41, 5.74) is 4.64. The first kappa shape index (κ1) is 6.51. The summed E-state index contributed by atoms with van der Waals surface area (Å²) >= 11 is 0. The van der Waals surface area contributed by atoms with Crippen LogP contribution in [0.3, 0.4) is 0 Å². The van der Waals surface area contributed by atoms with Crippen LogP contribution in [0.1, 0.15) is 2.85 Å². The van der Waals surface area contributed by atoms with Gasteiger partial charge in [-0.25, -0.2) is 0 Å². The van der Waals surface area contributed by atoms with Crippen LogP contribution in [0, 0.1) is 0 Å². The Morgan fingerprint density at radius 2 is 2.44 bits per heavy atom. The molecular weight excluding hydrogens is 118 g/mol. The Morgan fingerprint density at radius 3 is 2.44 bits per heavy atom. The third kappa shape index (κ3) is 0.799. The molecule has 4 nitrogen and oxygen atoms in total. The molecule has 0 radical (unpaired) electrons. The summed E-state index contributed by atoms with van der Waals surface area (Å²) in [6.45, 7) is 1.30. The second-order valence-corrected chi connectivity index (χ2v) is 2.30. The molecule has 0 aromatic rings. The SMILES string of the molecule is CNC1(C(N)=O)CNC1.[HH].[HH]. The van der Waals surface area contributed by atoms with E-state index in [0.29, 0.717) is 13.1 Å². The molecule has 0 aromatic carbocycles. The smallest absolute Gasteiger partial charge is 0.240 e. The standard InChI is InChI=1S/C5H11N3O.2H2/c1-7-5(4(6)9)2-8-3-5;;/h7-8H,2-3H2,1H3,(H2,6,9);2*1H. The lowest BCUT2D eigenvalue weighted by Crippen LogP contribution is -2.73. The van der Waals surface area contributed by atoms with E-state index in [1.54, 1.807) is 7.05 Å². The van der Waals surface area contributed by atoms with E-state index in [2.05, 4.69) is 10.6 Å². The number of carbonyl (C=O) groups is 1. The summed E-state index contributed by atoms with van der Waals surface area (Å²) < 4.78 is 0. The average molecular weight is 133 g/mol. The molecule has 1 fully saturated rings. The lowest BCUT2D eigenvalue weighted by molar-refractivity contribution is -0.126. The zero-order chi connectivity index (χ0) is 6.91. The van der Waals surface area contributed by atoms with Crippen molar-refractivity contribution in [2.75, 3.05) is 20.1 Å². The van der Waals surface area contributed by atoms with Crippen LogP contribution in [0.5, 0.6) is 0 Å². The molecule has 1 saturated heterocycles. The fraction of sp³-hybridized carbons (Fsp3) is 0.800. The molecule has 0 aromatic heterocycles. The largest absolute Gasteiger partial charge is 0.368 e. The molecule has 4 heteroatoms. The summed E-state index contributed by atoms with van der Waals surface area (Å²) in [5.74, 6) is -0.274. The first-order valence-corrected chi connectivity index (χ1v) is 2.91. The fourth-order valence-corrected chi connectivity index (χ4v) is 0.849. The Balaban J connectivity index is 0. The fourth-order valence-electron chi connectivity index (χ4n) is 0.849. The summed E-state index contributed by atoms with van der Waals surface area (Å²) in [5, 5.41) is 5.85. The van der Waals surface area contributed by atoms with E-state index >= 15 is 0 Å². The van der Waals surface area contributed by atoms with Gasteiger partial charge in [0.05, 0.1) is 0 Å². The van der Waals surface area contributed by atoms with Gasteiger partial charge in [0.25, 0.3) is 0 Å². The van der Waals surface area contributed by atoms with Crippen LogP contribution < -0.4 is 16.4 Å². The lowest BCUT2D eigenvalue weighted by atomic mass is 9.92. The predicted octanol–water partition coefficient (Wildman–Crippen LogP) is -1.47. The molecule has 9 heavy (non-hydrogen) atoms. The highest BCUT2D eigenvalue weighted by atomic mass is 16.1. The van der Waals surface area contributed by atoms with Crippen LogP contribution in [0.2, 0.25) is 0 Å². The van der Waals surface area contributed by atoms with Crippen molar-refractivity contribution in [3.63, 3.8) is 0 Å². The normalized spacial score (nSPS) is 22.8. The molecule has 4 N–H and O–H groups in total. The van der Waals surface area contributed by atoms with E-state index < -0.39 is 5.54 Å². The topological polar surface area (TPSA) is 67.1 Å². The minimum Gasteiger partial charge on any atom is -0.368 e. The maximum atomic E-state index is 10.7. The van der Waals surface area contributed by atoms with Crippen molar-refractivity contribution in [2.24, 2.45) is 5.73 Å². The highest BCUT2D eigenvalue weighted by Crippen LogP contribution is 2.07. The molecular formula is C5H15N3O. The second kappa shape index (κ2) is 1.97. The zero-order valence-corrected chi connectivity index (χ0v) is 5.40. The zero-order valence-electron chi connectivity index (χ0n) is 5.40. The van der Waals surface area contributed by atoms with Crippen molar-refractivity contribution in [2.45, 2.75) is 5.54 Å². The van der Waals surface area contributed by atoms with E-state index in [0.717, 1.165) is 0 Å². The van der Waals surface area contributed by atoms with Crippen molar-refractivity contribution in [1.82, 2.24) is 10.6 Å². The summed E-state index contributed by atoms with van der Waals surface area (Å²) in [4.78, 5) is 10.7. The van der Waals surface area contributed by atoms with Crippen molar-refractivity contribution < 1.29 is 7.65 Å². The minimum absolute atomic E-state index is 0.